The molecule has 4 aromatic rings. The first kappa shape index (κ1) is 20.3. The van der Waals surface area contributed by atoms with Crippen molar-refractivity contribution >= 4 is 17.0 Å². The number of carbonyl (C=O) groups is 1. The number of pyridine rings is 1. The van der Waals surface area contributed by atoms with Crippen molar-refractivity contribution in [3.8, 4) is 34.1 Å². The number of benzene rings is 1. The normalized spacial score (nSPS) is 11.5. The second kappa shape index (κ2) is 7.71. The summed E-state index contributed by atoms with van der Waals surface area (Å²) in [5.74, 6) is 0.300. The summed E-state index contributed by atoms with van der Waals surface area (Å²) in [4.78, 5) is 17.2. The highest BCUT2D eigenvalue weighted by molar-refractivity contribution is 5.97. The Hall–Kier alpha value is -3.94. The van der Waals surface area contributed by atoms with Gasteiger partial charge in [-0.3, -0.25) is 4.98 Å². The third-order valence-electron chi connectivity index (χ3n) is 4.57. The van der Waals surface area contributed by atoms with Crippen LogP contribution in [0.2, 0.25) is 0 Å². The molecule has 4 rings (SSSR count). The predicted molar refractivity (Wildman–Crippen MR) is 116 cm³/mol. The van der Waals surface area contributed by atoms with Crippen LogP contribution < -0.4 is 4.74 Å². The molecule has 31 heavy (non-hydrogen) atoms. The minimum atomic E-state index is -0.704. The maximum atomic E-state index is 13.2. The number of rotatable bonds is 3. The molecule has 0 fully saturated rings. The minimum absolute atomic E-state index is 0.0410. The van der Waals surface area contributed by atoms with E-state index < -0.39 is 11.7 Å². The molecule has 158 valence electrons. The molecule has 0 saturated heterocycles. The van der Waals surface area contributed by atoms with Crippen LogP contribution in [-0.2, 0) is 4.74 Å². The molecule has 0 radical (unpaired) electrons. The van der Waals surface area contributed by atoms with E-state index in [4.69, 9.17) is 9.47 Å². The number of phenols is 1. The molecule has 8 nitrogen and oxygen atoms in total. The van der Waals surface area contributed by atoms with Crippen LogP contribution in [0.15, 0.2) is 54.9 Å². The zero-order valence-corrected chi connectivity index (χ0v) is 17.7. The van der Waals surface area contributed by atoms with Gasteiger partial charge in [0.05, 0.1) is 29.6 Å². The summed E-state index contributed by atoms with van der Waals surface area (Å²) >= 11 is 0. The molecular formula is C23H22N4O4. The maximum absolute atomic E-state index is 13.2. The van der Waals surface area contributed by atoms with Crippen molar-refractivity contribution in [1.82, 2.24) is 19.7 Å². The van der Waals surface area contributed by atoms with Gasteiger partial charge in [0.2, 0.25) is 5.88 Å². The van der Waals surface area contributed by atoms with Gasteiger partial charge < -0.3 is 14.6 Å². The number of nitrogens with zero attached hydrogens (tertiary/aromatic N) is 4. The van der Waals surface area contributed by atoms with Gasteiger partial charge in [-0.25, -0.2) is 9.36 Å². The van der Waals surface area contributed by atoms with Crippen molar-refractivity contribution in [2.75, 3.05) is 7.11 Å². The molecule has 8 heteroatoms. The molecule has 0 aliphatic heterocycles. The number of aromatic hydroxyl groups is 1. The third-order valence-corrected chi connectivity index (χ3v) is 4.57. The molecule has 0 unspecified atom stereocenters. The number of methoxy groups -OCH3 is 1. The number of ether oxygens (including phenoxy) is 2. The van der Waals surface area contributed by atoms with Crippen molar-refractivity contribution in [3.63, 3.8) is 0 Å². The SMILES string of the molecule is COc1nnc(-c2ccncc2)cc1-c1cc2ccc(O)cc2n1C(=O)OC(C)(C)C. The molecule has 0 aliphatic carbocycles. The Morgan fingerprint density at radius 3 is 2.45 bits per heavy atom. The average Bonchev–Trinajstić information content (AvgIpc) is 3.11. The highest BCUT2D eigenvalue weighted by Gasteiger charge is 2.25. The molecule has 1 N–H and O–H groups in total. The van der Waals surface area contributed by atoms with E-state index in [-0.39, 0.29) is 11.6 Å². The molecule has 0 saturated carbocycles. The van der Waals surface area contributed by atoms with E-state index >= 15 is 0 Å². The zero-order chi connectivity index (χ0) is 22.2. The van der Waals surface area contributed by atoms with E-state index in [1.54, 1.807) is 51.4 Å². The van der Waals surface area contributed by atoms with Crippen molar-refractivity contribution in [2.45, 2.75) is 26.4 Å². The summed E-state index contributed by atoms with van der Waals surface area (Å²) in [6.07, 6.45) is 2.76. The Labute approximate surface area is 179 Å². The molecular weight excluding hydrogens is 396 g/mol. The van der Waals surface area contributed by atoms with Gasteiger partial charge in [-0.05, 0) is 57.2 Å². The van der Waals surface area contributed by atoms with Crippen LogP contribution in [0.3, 0.4) is 0 Å². The molecule has 1 aromatic carbocycles. The van der Waals surface area contributed by atoms with Gasteiger partial charge in [0.1, 0.15) is 11.4 Å². The van der Waals surface area contributed by atoms with E-state index in [9.17, 15) is 9.90 Å². The van der Waals surface area contributed by atoms with E-state index in [2.05, 4.69) is 15.2 Å². The van der Waals surface area contributed by atoms with Crippen molar-refractivity contribution < 1.29 is 19.4 Å². The van der Waals surface area contributed by atoms with E-state index in [1.165, 1.54) is 17.7 Å². The highest BCUT2D eigenvalue weighted by atomic mass is 16.6. The first-order valence-corrected chi connectivity index (χ1v) is 9.67. The van der Waals surface area contributed by atoms with Crippen molar-refractivity contribution in [1.29, 1.82) is 0 Å². The van der Waals surface area contributed by atoms with Crippen LogP contribution in [0.1, 0.15) is 20.8 Å². The summed E-state index contributed by atoms with van der Waals surface area (Å²) in [7, 11) is 1.49. The van der Waals surface area contributed by atoms with E-state index in [0.717, 1.165) is 10.9 Å². The number of phenolic OH excluding ortho intramolecular Hbond substituents is 1. The minimum Gasteiger partial charge on any atom is -0.508 e. The molecule has 0 amide bonds. The second-order valence-electron chi connectivity index (χ2n) is 7.98. The van der Waals surface area contributed by atoms with E-state index in [1.807, 2.05) is 18.2 Å². The molecule has 3 aromatic heterocycles. The van der Waals surface area contributed by atoms with Crippen LogP contribution in [0.4, 0.5) is 4.79 Å². The van der Waals surface area contributed by atoms with Crippen LogP contribution in [0, 0.1) is 0 Å². The standard InChI is InChI=1S/C23H22N4O4/c1-23(2,3)31-22(29)27-19-12-16(28)6-5-15(19)11-20(27)17-13-18(25-26-21(17)30-4)14-7-9-24-10-8-14/h5-13,28H,1-4H3. The predicted octanol–water partition coefficient (Wildman–Crippen LogP) is 4.66. The summed E-state index contributed by atoms with van der Waals surface area (Å²) < 4.78 is 12.5. The number of fused-ring (bicyclic) bond motifs is 1. The summed E-state index contributed by atoms with van der Waals surface area (Å²) in [6, 6.07) is 12.1. The largest absolute Gasteiger partial charge is 0.508 e. The monoisotopic (exact) mass is 418 g/mol. The Balaban J connectivity index is 1.97. The Morgan fingerprint density at radius 2 is 1.77 bits per heavy atom. The topological polar surface area (TPSA) is 99.4 Å². The summed E-state index contributed by atoms with van der Waals surface area (Å²) in [5.41, 5.74) is 2.30. The van der Waals surface area contributed by atoms with Gasteiger partial charge in [0, 0.05) is 29.4 Å². The van der Waals surface area contributed by atoms with Gasteiger partial charge >= 0.3 is 6.09 Å². The fraction of sp³-hybridized carbons (Fsp3) is 0.217. The Kier molecular flexibility index (Phi) is 5.06. The quantitative estimate of drug-likeness (QED) is 0.517. The van der Waals surface area contributed by atoms with Crippen molar-refractivity contribution in [2.24, 2.45) is 0 Å². The Morgan fingerprint density at radius 1 is 1.03 bits per heavy atom. The van der Waals surface area contributed by atoms with Gasteiger partial charge in [0.25, 0.3) is 0 Å². The fourth-order valence-corrected chi connectivity index (χ4v) is 3.27. The maximum Gasteiger partial charge on any atom is 0.419 e. The molecule has 0 aliphatic rings. The summed E-state index contributed by atoms with van der Waals surface area (Å²) in [5, 5.41) is 19.2. The molecule has 0 atom stereocenters. The van der Waals surface area contributed by atoms with Gasteiger partial charge in [0.15, 0.2) is 0 Å². The fourth-order valence-electron chi connectivity index (χ4n) is 3.27. The third kappa shape index (κ3) is 4.05. The number of aromatic nitrogens is 4. The van der Waals surface area contributed by atoms with Gasteiger partial charge in [-0.1, -0.05) is 0 Å². The molecule has 0 bridgehead atoms. The number of hydrogen-bond donors (Lipinski definition) is 1. The van der Waals surface area contributed by atoms with Crippen LogP contribution in [-0.4, -0.2) is 43.7 Å². The summed E-state index contributed by atoms with van der Waals surface area (Å²) in [6.45, 7) is 5.39. The zero-order valence-electron chi connectivity index (χ0n) is 17.7. The lowest BCUT2D eigenvalue weighted by Gasteiger charge is -2.21. The van der Waals surface area contributed by atoms with Crippen LogP contribution in [0.5, 0.6) is 11.6 Å². The van der Waals surface area contributed by atoms with Crippen LogP contribution >= 0.6 is 0 Å². The molecule has 3 heterocycles. The van der Waals surface area contributed by atoms with E-state index in [0.29, 0.717) is 22.5 Å². The molecule has 0 spiro atoms. The smallest absolute Gasteiger partial charge is 0.419 e. The second-order valence-corrected chi connectivity index (χ2v) is 7.98. The first-order valence-electron chi connectivity index (χ1n) is 9.67. The number of carbonyl (C=O) groups excluding carboxylic acids is 1. The lowest BCUT2D eigenvalue weighted by Crippen LogP contribution is -2.27. The lowest BCUT2D eigenvalue weighted by atomic mass is 10.1. The lowest BCUT2D eigenvalue weighted by molar-refractivity contribution is 0.0547. The first-order chi connectivity index (χ1) is 14.8. The average molecular weight is 418 g/mol. The van der Waals surface area contributed by atoms with Gasteiger partial charge in [-0.2, -0.15) is 0 Å². The Bertz CT molecular complexity index is 1260. The van der Waals surface area contributed by atoms with Crippen LogP contribution in [0.25, 0.3) is 33.4 Å². The number of hydrogen-bond acceptors (Lipinski definition) is 7. The highest BCUT2D eigenvalue weighted by Crippen LogP contribution is 2.36. The van der Waals surface area contributed by atoms with Crippen molar-refractivity contribution in [3.05, 3.63) is 54.9 Å². The van der Waals surface area contributed by atoms with Gasteiger partial charge in [-0.15, -0.1) is 10.2 Å².